The van der Waals surface area contributed by atoms with Crippen molar-refractivity contribution in [2.24, 2.45) is 12.8 Å². The van der Waals surface area contributed by atoms with Gasteiger partial charge in [-0.1, -0.05) is 30.3 Å². The summed E-state index contributed by atoms with van der Waals surface area (Å²) in [6, 6.07) is 13.3. The van der Waals surface area contributed by atoms with E-state index in [0.29, 0.717) is 24.8 Å². The van der Waals surface area contributed by atoms with Crippen LogP contribution in [0.3, 0.4) is 0 Å². The molecule has 4 N–H and O–H groups in total. The van der Waals surface area contributed by atoms with E-state index in [9.17, 15) is 14.7 Å². The molecule has 0 spiro atoms. The van der Waals surface area contributed by atoms with Crippen LogP contribution in [0.5, 0.6) is 0 Å². The van der Waals surface area contributed by atoms with Crippen molar-refractivity contribution in [3.05, 3.63) is 65.0 Å². The predicted molar refractivity (Wildman–Crippen MR) is 117 cm³/mol. The van der Waals surface area contributed by atoms with Crippen molar-refractivity contribution in [1.29, 1.82) is 5.41 Å². The number of fused-ring (bicyclic) bond motifs is 1. The number of nitrogens with zero attached hydrogens (tertiary/aromatic N) is 3. The first-order valence-corrected chi connectivity index (χ1v) is 10.1. The van der Waals surface area contributed by atoms with Gasteiger partial charge in [0.2, 0.25) is 0 Å². The summed E-state index contributed by atoms with van der Waals surface area (Å²) in [6.45, 7) is 0. The maximum Gasteiger partial charge on any atom is 0.520 e. The highest BCUT2D eigenvalue weighted by molar-refractivity contribution is 5.95. The van der Waals surface area contributed by atoms with Crippen LogP contribution in [0.2, 0.25) is 0 Å². The number of carboxylic acid groups (broad SMARTS) is 1. The van der Waals surface area contributed by atoms with Gasteiger partial charge in [-0.25, -0.2) is 9.78 Å². The lowest BCUT2D eigenvalue weighted by atomic mass is 9.93. The van der Waals surface area contributed by atoms with Crippen LogP contribution in [0.15, 0.2) is 42.5 Å². The molecule has 1 aliphatic carbocycles. The largest absolute Gasteiger partial charge is 0.520 e. The third kappa shape index (κ3) is 3.38. The third-order valence-corrected chi connectivity index (χ3v) is 6.30. The van der Waals surface area contributed by atoms with Crippen molar-refractivity contribution in [2.75, 3.05) is 14.1 Å². The van der Waals surface area contributed by atoms with Gasteiger partial charge in [0.25, 0.3) is 0 Å². The van der Waals surface area contributed by atoms with E-state index in [2.05, 4.69) is 0 Å². The molecule has 31 heavy (non-hydrogen) atoms. The molecule has 4 rings (SSSR count). The van der Waals surface area contributed by atoms with Crippen molar-refractivity contribution < 1.29 is 19.2 Å². The molecular weight excluding hydrogens is 394 g/mol. The zero-order valence-electron chi connectivity index (χ0n) is 17.8. The Morgan fingerprint density at radius 2 is 1.84 bits per heavy atom. The Labute approximate surface area is 180 Å². The highest BCUT2D eigenvalue weighted by Gasteiger charge is 2.60. The number of imidazole rings is 1. The topological polar surface area (TPSA) is 122 Å². The molecule has 8 nitrogen and oxygen atoms in total. The first kappa shape index (κ1) is 20.7. The average Bonchev–Trinajstić information content (AvgIpc) is 3.48. The zero-order valence-corrected chi connectivity index (χ0v) is 17.8. The number of hydrogen-bond acceptors (Lipinski definition) is 4. The second kappa shape index (κ2) is 7.02. The molecule has 0 atom stereocenters. The lowest BCUT2D eigenvalue weighted by Crippen LogP contribution is -2.54. The molecule has 0 aliphatic heterocycles. The number of likely N-dealkylation sites (N-methyl/N-ethyl adjacent to an activating group) is 1. The van der Waals surface area contributed by atoms with E-state index in [4.69, 9.17) is 16.1 Å². The molecule has 2 amide bonds. The number of rotatable bonds is 5. The summed E-state index contributed by atoms with van der Waals surface area (Å²) in [6.07, 6.45) is 0.752. The standard InChI is InChI=1S/C23H25N5O3/c1-27-18-9-8-16(23(10-11-23)21(29)28(2,3)22(30)31)13-17(18)26-19(27)12-14-4-6-15(7-5-14)20(24)25/h4-9,13H,10-12H2,1-3H3,(H3-,24,25,30,31)/p+1. The van der Waals surface area contributed by atoms with E-state index in [1.54, 1.807) is 0 Å². The quantitative estimate of drug-likeness (QED) is 0.333. The van der Waals surface area contributed by atoms with Crippen LogP contribution in [0.4, 0.5) is 4.79 Å². The van der Waals surface area contributed by atoms with Gasteiger partial charge in [0.15, 0.2) is 0 Å². The van der Waals surface area contributed by atoms with Gasteiger partial charge in [0, 0.05) is 19.0 Å². The Kier molecular flexibility index (Phi) is 4.70. The van der Waals surface area contributed by atoms with Crippen LogP contribution in [0.25, 0.3) is 11.0 Å². The van der Waals surface area contributed by atoms with Gasteiger partial charge in [-0.3, -0.25) is 5.41 Å². The van der Waals surface area contributed by atoms with Gasteiger partial charge >= 0.3 is 12.0 Å². The number of imide groups is 1. The minimum Gasteiger partial charge on any atom is -0.435 e. The van der Waals surface area contributed by atoms with Crippen molar-refractivity contribution in [3.63, 3.8) is 0 Å². The molecule has 8 heteroatoms. The number of aryl methyl sites for hydroxylation is 1. The number of amides is 2. The molecule has 1 aliphatic rings. The van der Waals surface area contributed by atoms with E-state index in [1.807, 2.05) is 54.1 Å². The van der Waals surface area contributed by atoms with Crippen molar-refractivity contribution in [3.8, 4) is 0 Å². The fourth-order valence-electron chi connectivity index (χ4n) is 4.06. The van der Waals surface area contributed by atoms with Crippen LogP contribution in [0.1, 0.15) is 35.4 Å². The van der Waals surface area contributed by atoms with Gasteiger partial charge in [-0.15, -0.1) is 0 Å². The number of nitrogens with two attached hydrogens (primary N) is 1. The van der Waals surface area contributed by atoms with Gasteiger partial charge in [-0.2, -0.15) is 9.28 Å². The molecule has 1 heterocycles. The molecule has 2 aromatic carbocycles. The zero-order chi connectivity index (χ0) is 22.6. The third-order valence-electron chi connectivity index (χ3n) is 6.30. The van der Waals surface area contributed by atoms with Crippen LogP contribution in [-0.4, -0.2) is 51.1 Å². The predicted octanol–water partition coefficient (Wildman–Crippen LogP) is 2.76. The van der Waals surface area contributed by atoms with Crippen molar-refractivity contribution >= 4 is 28.9 Å². The lowest BCUT2D eigenvalue weighted by Gasteiger charge is -2.25. The summed E-state index contributed by atoms with van der Waals surface area (Å²) in [4.78, 5) is 29.4. The smallest absolute Gasteiger partial charge is 0.435 e. The van der Waals surface area contributed by atoms with Crippen LogP contribution < -0.4 is 5.73 Å². The first-order chi connectivity index (χ1) is 14.6. The fraction of sp³-hybridized carbons (Fsp3) is 0.304. The minimum atomic E-state index is -1.16. The number of hydrogen-bond donors (Lipinski definition) is 3. The van der Waals surface area contributed by atoms with Crippen molar-refractivity contribution in [2.45, 2.75) is 24.7 Å². The molecule has 3 aromatic rings. The Morgan fingerprint density at radius 3 is 2.39 bits per heavy atom. The van der Waals surface area contributed by atoms with Crippen LogP contribution in [-0.2, 0) is 23.7 Å². The molecular formula is C23H26N5O3+. The van der Waals surface area contributed by atoms with Crippen LogP contribution >= 0.6 is 0 Å². The van der Waals surface area contributed by atoms with E-state index >= 15 is 0 Å². The van der Waals surface area contributed by atoms with E-state index in [-0.39, 0.29) is 11.7 Å². The van der Waals surface area contributed by atoms with Gasteiger partial charge in [0.05, 0.1) is 25.1 Å². The van der Waals surface area contributed by atoms with E-state index in [0.717, 1.165) is 28.0 Å². The number of carbonyl (C=O) groups excluding carboxylic acids is 1. The highest BCUT2D eigenvalue weighted by Crippen LogP contribution is 2.51. The Bertz CT molecular complexity index is 1220. The van der Waals surface area contributed by atoms with Crippen molar-refractivity contribution in [1.82, 2.24) is 9.55 Å². The maximum atomic E-state index is 13.1. The maximum absolute atomic E-state index is 13.1. The Morgan fingerprint density at radius 1 is 1.19 bits per heavy atom. The number of amidine groups is 1. The van der Waals surface area contributed by atoms with Gasteiger partial charge < -0.3 is 15.4 Å². The second-order valence-corrected chi connectivity index (χ2v) is 8.70. The molecule has 160 valence electrons. The van der Waals surface area contributed by atoms with Crippen LogP contribution in [0, 0.1) is 5.41 Å². The monoisotopic (exact) mass is 420 g/mol. The number of benzene rings is 2. The Hall–Kier alpha value is -3.52. The number of carbonyl (C=O) groups is 2. The summed E-state index contributed by atoms with van der Waals surface area (Å²) >= 11 is 0. The minimum absolute atomic E-state index is 0.0371. The SMILES string of the molecule is Cn1c(Cc2ccc(C(=N)N)cc2)nc2cc(C3(C(=O)[N+](C)(C)C(=O)O)CC3)ccc21. The van der Waals surface area contributed by atoms with Gasteiger partial charge in [0.1, 0.15) is 17.1 Å². The fourth-order valence-corrected chi connectivity index (χ4v) is 4.06. The van der Waals surface area contributed by atoms with E-state index in [1.165, 1.54) is 14.1 Å². The summed E-state index contributed by atoms with van der Waals surface area (Å²) in [7, 11) is 4.79. The number of aromatic nitrogens is 2. The molecule has 1 aromatic heterocycles. The number of quaternary nitrogens is 1. The highest BCUT2D eigenvalue weighted by atomic mass is 16.4. The number of nitrogen functional groups attached to an aromatic ring is 1. The molecule has 1 saturated carbocycles. The van der Waals surface area contributed by atoms with Gasteiger partial charge in [-0.05, 0) is 36.1 Å². The molecule has 0 saturated heterocycles. The Balaban J connectivity index is 1.66. The summed E-state index contributed by atoms with van der Waals surface area (Å²) < 4.78 is 1.33. The summed E-state index contributed by atoms with van der Waals surface area (Å²) in [5, 5.41) is 17.0. The molecule has 1 fully saturated rings. The normalized spacial score (nSPS) is 15.1. The average molecular weight is 420 g/mol. The summed E-state index contributed by atoms with van der Waals surface area (Å²) in [5.41, 5.74) is 9.07. The molecule has 0 bridgehead atoms. The van der Waals surface area contributed by atoms with E-state index < -0.39 is 16.0 Å². The second-order valence-electron chi connectivity index (χ2n) is 8.70. The number of nitrogens with one attached hydrogen (secondary N) is 1. The lowest BCUT2D eigenvalue weighted by molar-refractivity contribution is -0.739. The molecule has 0 radical (unpaired) electrons. The first-order valence-electron chi connectivity index (χ1n) is 10.1. The summed E-state index contributed by atoms with van der Waals surface area (Å²) in [5.74, 6) is 0.608. The molecule has 0 unspecified atom stereocenters.